The van der Waals surface area contributed by atoms with E-state index >= 15 is 0 Å². The van der Waals surface area contributed by atoms with Crippen LogP contribution in [-0.4, -0.2) is 42.1 Å². The third-order valence-electron chi connectivity index (χ3n) is 1.37. The molecule has 0 bridgehead atoms. The summed E-state index contributed by atoms with van der Waals surface area (Å²) in [4.78, 5) is 32.1. The number of hydrogen-bond acceptors (Lipinski definition) is 4. The number of imide groups is 1. The molecule has 0 spiro atoms. The van der Waals surface area contributed by atoms with Crippen LogP contribution in [0.5, 0.6) is 0 Å². The number of hydrogen-bond donors (Lipinski definition) is 3. The third kappa shape index (κ3) is 8.69. The van der Waals surface area contributed by atoms with Gasteiger partial charge < -0.3 is 5.11 Å². The number of carboxylic acids is 1. The zero-order valence-corrected chi connectivity index (χ0v) is 8.74. The number of carboxylic acid groups (broad SMARTS) is 1. The first kappa shape index (κ1) is 13.4. The maximum atomic E-state index is 11.0. The molecule has 7 heteroatoms. The molecule has 0 aromatic rings. The molecule has 0 aromatic carbocycles. The van der Waals surface area contributed by atoms with Gasteiger partial charge in [0.2, 0.25) is 5.91 Å². The van der Waals surface area contributed by atoms with E-state index in [0.717, 1.165) is 0 Å². The summed E-state index contributed by atoms with van der Waals surface area (Å²) >= 11 is 0. The molecule has 7 nitrogen and oxygen atoms in total. The van der Waals surface area contributed by atoms with Gasteiger partial charge in [0.25, 0.3) is 0 Å². The maximum Gasteiger partial charge on any atom is 0.335 e. The Kier molecular flexibility index (Phi) is 6.03. The van der Waals surface area contributed by atoms with Crippen LogP contribution in [0.25, 0.3) is 0 Å². The molecule has 0 rings (SSSR count). The number of carbonyl (C=O) groups is 3. The lowest BCUT2D eigenvalue weighted by molar-refractivity contribution is -0.137. The summed E-state index contributed by atoms with van der Waals surface area (Å²) in [5, 5.41) is 11.8. The Morgan fingerprint density at radius 2 is 1.80 bits per heavy atom. The summed E-state index contributed by atoms with van der Waals surface area (Å²) in [7, 11) is 3.21. The van der Waals surface area contributed by atoms with Crippen molar-refractivity contribution in [3.05, 3.63) is 0 Å². The molecular formula is C8H15N3O4. The molecule has 3 N–H and O–H groups in total. The Labute approximate surface area is 87.4 Å². The number of amides is 3. The highest BCUT2D eigenvalue weighted by Gasteiger charge is 2.08. The highest BCUT2D eigenvalue weighted by atomic mass is 16.4. The second kappa shape index (κ2) is 6.77. The van der Waals surface area contributed by atoms with Crippen molar-refractivity contribution in [2.24, 2.45) is 0 Å². The third-order valence-corrected chi connectivity index (χ3v) is 1.37. The molecule has 0 heterocycles. The highest BCUT2D eigenvalue weighted by Crippen LogP contribution is 1.94. The van der Waals surface area contributed by atoms with E-state index in [1.807, 2.05) is 0 Å². The highest BCUT2D eigenvalue weighted by molar-refractivity contribution is 5.94. The SMILES string of the molecule is CN(C)NC(=O)NC(=O)CCCC(=O)O. The minimum atomic E-state index is -0.958. The molecule has 0 atom stereocenters. The van der Waals surface area contributed by atoms with E-state index in [4.69, 9.17) is 5.11 Å². The number of carbonyl (C=O) groups excluding carboxylic acids is 2. The molecule has 0 unspecified atom stereocenters. The van der Waals surface area contributed by atoms with Crippen LogP contribution >= 0.6 is 0 Å². The van der Waals surface area contributed by atoms with Crippen LogP contribution in [0.15, 0.2) is 0 Å². The zero-order chi connectivity index (χ0) is 11.8. The molecule has 3 amide bonds. The quantitative estimate of drug-likeness (QED) is 0.541. The van der Waals surface area contributed by atoms with Crippen molar-refractivity contribution in [2.75, 3.05) is 14.1 Å². The molecule has 0 saturated carbocycles. The lowest BCUT2D eigenvalue weighted by atomic mass is 10.2. The average Bonchev–Trinajstić information content (AvgIpc) is 2.00. The smallest absolute Gasteiger partial charge is 0.335 e. The van der Waals surface area contributed by atoms with E-state index in [2.05, 4.69) is 10.7 Å². The van der Waals surface area contributed by atoms with Crippen molar-refractivity contribution in [3.8, 4) is 0 Å². The van der Waals surface area contributed by atoms with Gasteiger partial charge in [-0.2, -0.15) is 0 Å². The van der Waals surface area contributed by atoms with Gasteiger partial charge in [-0.1, -0.05) is 0 Å². The summed E-state index contributed by atoms with van der Waals surface area (Å²) in [6.45, 7) is 0. The van der Waals surface area contributed by atoms with Gasteiger partial charge >= 0.3 is 12.0 Å². The van der Waals surface area contributed by atoms with E-state index in [9.17, 15) is 14.4 Å². The first-order chi connectivity index (χ1) is 6.91. The number of urea groups is 1. The Balaban J connectivity index is 3.65. The summed E-state index contributed by atoms with van der Waals surface area (Å²) in [6.07, 6.45) is 0.159. The Bertz CT molecular complexity index is 252. The number of hydrazine groups is 1. The van der Waals surface area contributed by atoms with E-state index in [-0.39, 0.29) is 19.3 Å². The zero-order valence-electron chi connectivity index (χ0n) is 8.74. The summed E-state index contributed by atoms with van der Waals surface area (Å²) in [5.74, 6) is -1.45. The standard InChI is InChI=1S/C8H15N3O4/c1-11(2)10-8(15)9-6(12)4-3-5-7(13)14/h3-5H2,1-2H3,(H,13,14)(H2,9,10,12,15). The summed E-state index contributed by atoms with van der Waals surface area (Å²) in [5.41, 5.74) is 2.32. The first-order valence-corrected chi connectivity index (χ1v) is 4.41. The monoisotopic (exact) mass is 217 g/mol. The van der Waals surface area contributed by atoms with Gasteiger partial charge in [0.15, 0.2) is 0 Å². The van der Waals surface area contributed by atoms with E-state index in [0.29, 0.717) is 0 Å². The van der Waals surface area contributed by atoms with Gasteiger partial charge in [-0.3, -0.25) is 20.3 Å². The van der Waals surface area contributed by atoms with Crippen LogP contribution in [0, 0.1) is 0 Å². The van der Waals surface area contributed by atoms with Crippen molar-refractivity contribution < 1.29 is 19.5 Å². The fourth-order valence-electron chi connectivity index (χ4n) is 0.820. The van der Waals surface area contributed by atoms with Gasteiger partial charge in [-0.05, 0) is 6.42 Å². The van der Waals surface area contributed by atoms with Crippen LogP contribution in [-0.2, 0) is 9.59 Å². The van der Waals surface area contributed by atoms with Gasteiger partial charge in [-0.15, -0.1) is 0 Å². The van der Waals surface area contributed by atoms with Crippen molar-refractivity contribution in [2.45, 2.75) is 19.3 Å². The number of rotatable bonds is 5. The van der Waals surface area contributed by atoms with Crippen LogP contribution in [0.3, 0.4) is 0 Å². The molecule has 0 fully saturated rings. The van der Waals surface area contributed by atoms with Crippen molar-refractivity contribution in [1.29, 1.82) is 0 Å². The Morgan fingerprint density at radius 1 is 1.20 bits per heavy atom. The van der Waals surface area contributed by atoms with Crippen LogP contribution < -0.4 is 10.7 Å². The number of nitrogens with zero attached hydrogens (tertiary/aromatic N) is 1. The minimum Gasteiger partial charge on any atom is -0.481 e. The lowest BCUT2D eigenvalue weighted by Crippen LogP contribution is -2.45. The normalized spacial score (nSPS) is 9.80. The second-order valence-electron chi connectivity index (χ2n) is 3.13. The Morgan fingerprint density at radius 3 is 2.27 bits per heavy atom. The maximum absolute atomic E-state index is 11.0. The van der Waals surface area contributed by atoms with Crippen LogP contribution in [0.4, 0.5) is 4.79 Å². The first-order valence-electron chi connectivity index (χ1n) is 4.41. The Hall–Kier alpha value is -1.63. The summed E-state index contributed by atoms with van der Waals surface area (Å²) in [6, 6.07) is -0.625. The molecule has 0 aliphatic carbocycles. The largest absolute Gasteiger partial charge is 0.481 e. The molecule has 86 valence electrons. The number of nitrogens with one attached hydrogen (secondary N) is 2. The van der Waals surface area contributed by atoms with Crippen LogP contribution in [0.2, 0.25) is 0 Å². The predicted molar refractivity (Wildman–Crippen MR) is 51.8 cm³/mol. The van der Waals surface area contributed by atoms with Crippen molar-refractivity contribution in [1.82, 2.24) is 15.8 Å². The van der Waals surface area contributed by atoms with E-state index < -0.39 is 17.9 Å². The lowest BCUT2D eigenvalue weighted by Gasteiger charge is -2.11. The molecular weight excluding hydrogens is 202 g/mol. The fraction of sp³-hybridized carbons (Fsp3) is 0.625. The molecule has 0 radical (unpaired) electrons. The van der Waals surface area contributed by atoms with E-state index in [1.165, 1.54) is 5.01 Å². The fourth-order valence-corrected chi connectivity index (χ4v) is 0.820. The number of aliphatic carboxylic acids is 1. The van der Waals surface area contributed by atoms with E-state index in [1.54, 1.807) is 14.1 Å². The molecule has 0 aliphatic heterocycles. The molecule has 0 aromatic heterocycles. The van der Waals surface area contributed by atoms with Crippen LogP contribution in [0.1, 0.15) is 19.3 Å². The van der Waals surface area contributed by atoms with Gasteiger partial charge in [0.1, 0.15) is 0 Å². The molecule has 0 aliphatic rings. The van der Waals surface area contributed by atoms with Gasteiger partial charge in [-0.25, -0.2) is 9.80 Å². The predicted octanol–water partition coefficient (Wildman–Crippen LogP) is -0.456. The molecule has 0 saturated heterocycles. The minimum absolute atomic E-state index is 0.0210. The van der Waals surface area contributed by atoms with Crippen molar-refractivity contribution >= 4 is 17.9 Å². The van der Waals surface area contributed by atoms with Gasteiger partial charge in [0.05, 0.1) is 0 Å². The topological polar surface area (TPSA) is 98.7 Å². The average molecular weight is 217 g/mol. The second-order valence-corrected chi connectivity index (χ2v) is 3.13. The summed E-state index contributed by atoms with van der Waals surface area (Å²) < 4.78 is 0. The molecule has 15 heavy (non-hydrogen) atoms. The van der Waals surface area contributed by atoms with Crippen molar-refractivity contribution in [3.63, 3.8) is 0 Å². The van der Waals surface area contributed by atoms with Gasteiger partial charge in [0, 0.05) is 26.9 Å².